The van der Waals surface area contributed by atoms with E-state index in [0.717, 1.165) is 48.8 Å². The van der Waals surface area contributed by atoms with Crippen molar-refractivity contribution < 1.29 is 9.18 Å². The highest BCUT2D eigenvalue weighted by Crippen LogP contribution is 2.32. The van der Waals surface area contributed by atoms with E-state index in [2.05, 4.69) is 33.5 Å². The molecule has 1 aliphatic heterocycles. The zero-order chi connectivity index (χ0) is 15.3. The molecule has 5 heteroatoms. The Balaban J connectivity index is 2.03. The van der Waals surface area contributed by atoms with Gasteiger partial charge < -0.3 is 10.6 Å². The number of carbonyl (C=O) groups is 1. The molecule has 1 aromatic carbocycles. The Morgan fingerprint density at radius 1 is 1.52 bits per heavy atom. The van der Waals surface area contributed by atoms with Crippen LogP contribution in [0.1, 0.15) is 38.2 Å². The molecule has 0 aliphatic carbocycles. The van der Waals surface area contributed by atoms with Crippen LogP contribution < -0.4 is 10.6 Å². The third-order valence-electron chi connectivity index (χ3n) is 4.13. The summed E-state index contributed by atoms with van der Waals surface area (Å²) in [6.07, 6.45) is 3.82. The molecule has 1 amide bonds. The molecule has 0 spiro atoms. The maximum absolute atomic E-state index is 13.3. The lowest BCUT2D eigenvalue weighted by atomic mass is 9.76. The fourth-order valence-electron chi connectivity index (χ4n) is 3.01. The first-order valence-electron chi connectivity index (χ1n) is 7.50. The number of amides is 1. The van der Waals surface area contributed by atoms with Gasteiger partial charge in [0.15, 0.2) is 0 Å². The Morgan fingerprint density at radius 2 is 2.33 bits per heavy atom. The molecule has 0 radical (unpaired) electrons. The van der Waals surface area contributed by atoms with E-state index in [9.17, 15) is 9.18 Å². The molecule has 2 N–H and O–H groups in total. The third kappa shape index (κ3) is 4.04. The summed E-state index contributed by atoms with van der Waals surface area (Å²) in [7, 11) is 0. The molecule has 21 heavy (non-hydrogen) atoms. The predicted molar refractivity (Wildman–Crippen MR) is 85.4 cm³/mol. The summed E-state index contributed by atoms with van der Waals surface area (Å²) in [5.41, 5.74) is 0.450. The van der Waals surface area contributed by atoms with Crippen LogP contribution in [-0.4, -0.2) is 19.0 Å². The number of benzene rings is 1. The van der Waals surface area contributed by atoms with Crippen LogP contribution in [0, 0.1) is 11.2 Å². The van der Waals surface area contributed by atoms with Gasteiger partial charge in [-0.15, -0.1) is 0 Å². The van der Waals surface area contributed by atoms with E-state index in [1.807, 2.05) is 0 Å². The van der Waals surface area contributed by atoms with Crippen LogP contribution in [0.25, 0.3) is 0 Å². The minimum atomic E-state index is -0.313. The zero-order valence-electron chi connectivity index (χ0n) is 12.3. The van der Waals surface area contributed by atoms with Crippen molar-refractivity contribution in [2.24, 2.45) is 5.41 Å². The first kappa shape index (κ1) is 16.4. The van der Waals surface area contributed by atoms with Gasteiger partial charge in [0, 0.05) is 17.6 Å². The summed E-state index contributed by atoms with van der Waals surface area (Å²) in [6.45, 7) is 4.17. The number of rotatable bonds is 5. The van der Waals surface area contributed by atoms with Gasteiger partial charge in [-0.3, -0.25) is 4.79 Å². The Kier molecular flexibility index (Phi) is 5.76. The highest BCUT2D eigenvalue weighted by atomic mass is 79.9. The number of piperidine rings is 1. The second-order valence-electron chi connectivity index (χ2n) is 5.73. The first-order valence-corrected chi connectivity index (χ1v) is 8.30. The Labute approximate surface area is 133 Å². The molecule has 0 bridgehead atoms. The number of hydrogen-bond acceptors (Lipinski definition) is 2. The van der Waals surface area contributed by atoms with Gasteiger partial charge in [-0.25, -0.2) is 4.39 Å². The molecule has 1 fully saturated rings. The van der Waals surface area contributed by atoms with Gasteiger partial charge in [0.05, 0.1) is 5.41 Å². The quantitative estimate of drug-likeness (QED) is 0.848. The number of carbonyl (C=O) groups excluding carboxylic acids is 1. The van der Waals surface area contributed by atoms with Gasteiger partial charge in [-0.05, 0) is 49.6 Å². The molecule has 1 aromatic rings. The maximum atomic E-state index is 13.3. The van der Waals surface area contributed by atoms with E-state index in [1.165, 1.54) is 12.1 Å². The topological polar surface area (TPSA) is 41.1 Å². The van der Waals surface area contributed by atoms with Crippen LogP contribution in [0.5, 0.6) is 0 Å². The molecular formula is C16H22BrFN2O. The van der Waals surface area contributed by atoms with Crippen LogP contribution in [0.15, 0.2) is 22.7 Å². The predicted octanol–water partition coefficient (Wildman–Crippen LogP) is 3.37. The highest BCUT2D eigenvalue weighted by molar-refractivity contribution is 9.10. The van der Waals surface area contributed by atoms with Gasteiger partial charge >= 0.3 is 0 Å². The Morgan fingerprint density at radius 3 is 3.00 bits per heavy atom. The van der Waals surface area contributed by atoms with Crippen molar-refractivity contribution in [3.63, 3.8) is 0 Å². The summed E-state index contributed by atoms with van der Waals surface area (Å²) < 4.78 is 14.1. The first-order chi connectivity index (χ1) is 10.1. The summed E-state index contributed by atoms with van der Waals surface area (Å²) in [5, 5.41) is 6.32. The summed E-state index contributed by atoms with van der Waals surface area (Å²) in [6, 6.07) is 4.52. The molecule has 3 nitrogen and oxygen atoms in total. The van der Waals surface area contributed by atoms with Crippen molar-refractivity contribution in [1.82, 2.24) is 10.6 Å². The van der Waals surface area contributed by atoms with Crippen molar-refractivity contribution in [2.75, 3.05) is 13.1 Å². The lowest BCUT2D eigenvalue weighted by Gasteiger charge is -2.36. The standard InChI is InChI=1S/C16H22BrFN2O/c1-2-6-16(7-3-8-19-11-16)15(21)20-10-12-9-13(18)4-5-14(12)17/h4-5,9,19H,2-3,6-8,10-11H2,1H3,(H,20,21). The van der Waals surface area contributed by atoms with Crippen molar-refractivity contribution in [1.29, 1.82) is 0 Å². The summed E-state index contributed by atoms with van der Waals surface area (Å²) in [4.78, 5) is 12.6. The molecule has 1 heterocycles. The van der Waals surface area contributed by atoms with E-state index in [-0.39, 0.29) is 17.1 Å². The van der Waals surface area contributed by atoms with Crippen molar-refractivity contribution >= 4 is 21.8 Å². The third-order valence-corrected chi connectivity index (χ3v) is 4.90. The fraction of sp³-hybridized carbons (Fsp3) is 0.562. The lowest BCUT2D eigenvalue weighted by Crippen LogP contribution is -2.50. The van der Waals surface area contributed by atoms with Crippen molar-refractivity contribution in [3.05, 3.63) is 34.1 Å². The van der Waals surface area contributed by atoms with E-state index >= 15 is 0 Å². The summed E-state index contributed by atoms with van der Waals surface area (Å²) >= 11 is 3.39. The molecule has 1 atom stereocenters. The number of halogens is 2. The second-order valence-corrected chi connectivity index (χ2v) is 6.58. The molecule has 1 saturated heterocycles. The number of nitrogens with one attached hydrogen (secondary N) is 2. The molecule has 0 aromatic heterocycles. The van der Waals surface area contributed by atoms with Gasteiger partial charge in [-0.1, -0.05) is 29.3 Å². The lowest BCUT2D eigenvalue weighted by molar-refractivity contribution is -0.132. The average molecular weight is 357 g/mol. The van der Waals surface area contributed by atoms with Crippen molar-refractivity contribution in [3.8, 4) is 0 Å². The van der Waals surface area contributed by atoms with Gasteiger partial charge in [0.1, 0.15) is 5.82 Å². The summed E-state index contributed by atoms with van der Waals surface area (Å²) in [5.74, 6) is -0.210. The van der Waals surface area contributed by atoms with Gasteiger partial charge in [0.2, 0.25) is 5.91 Å². The van der Waals surface area contributed by atoms with Crippen LogP contribution >= 0.6 is 15.9 Å². The van der Waals surface area contributed by atoms with E-state index < -0.39 is 0 Å². The zero-order valence-corrected chi connectivity index (χ0v) is 13.9. The van der Waals surface area contributed by atoms with E-state index in [4.69, 9.17) is 0 Å². The van der Waals surface area contributed by atoms with Crippen LogP contribution in [0.4, 0.5) is 4.39 Å². The smallest absolute Gasteiger partial charge is 0.227 e. The molecule has 0 saturated carbocycles. The fourth-order valence-corrected chi connectivity index (χ4v) is 3.40. The van der Waals surface area contributed by atoms with Gasteiger partial charge in [0.25, 0.3) is 0 Å². The largest absolute Gasteiger partial charge is 0.351 e. The second kappa shape index (κ2) is 7.36. The van der Waals surface area contributed by atoms with E-state index in [0.29, 0.717) is 6.54 Å². The molecule has 1 unspecified atom stereocenters. The minimum Gasteiger partial charge on any atom is -0.351 e. The maximum Gasteiger partial charge on any atom is 0.227 e. The SMILES string of the molecule is CCCC1(C(=O)NCc2cc(F)ccc2Br)CCCNC1. The average Bonchev–Trinajstić information content (AvgIpc) is 2.49. The van der Waals surface area contributed by atoms with Crippen LogP contribution in [0.3, 0.4) is 0 Å². The van der Waals surface area contributed by atoms with Crippen LogP contribution in [-0.2, 0) is 11.3 Å². The Bertz CT molecular complexity index is 496. The Hall–Kier alpha value is -0.940. The molecular weight excluding hydrogens is 335 g/mol. The molecule has 2 rings (SSSR count). The molecule has 116 valence electrons. The van der Waals surface area contributed by atoms with Gasteiger partial charge in [-0.2, -0.15) is 0 Å². The normalized spacial score (nSPS) is 22.0. The van der Waals surface area contributed by atoms with E-state index in [1.54, 1.807) is 6.07 Å². The highest BCUT2D eigenvalue weighted by Gasteiger charge is 2.38. The van der Waals surface area contributed by atoms with Crippen LogP contribution in [0.2, 0.25) is 0 Å². The minimum absolute atomic E-state index is 0.0766. The monoisotopic (exact) mass is 356 g/mol. The molecule has 1 aliphatic rings. The van der Waals surface area contributed by atoms with Crippen molar-refractivity contribution in [2.45, 2.75) is 39.2 Å². The number of hydrogen-bond donors (Lipinski definition) is 2.